The SMILES string of the molecule is CCCNC(=O)CC(CN)N(C)Cc1cc(Br)cs1. The minimum Gasteiger partial charge on any atom is -0.356 e. The van der Waals surface area contributed by atoms with Gasteiger partial charge in [-0.3, -0.25) is 9.69 Å². The van der Waals surface area contributed by atoms with Crippen LogP contribution in [0.25, 0.3) is 0 Å². The molecule has 1 rings (SSSR count). The van der Waals surface area contributed by atoms with E-state index in [4.69, 9.17) is 5.73 Å². The highest BCUT2D eigenvalue weighted by Gasteiger charge is 2.17. The van der Waals surface area contributed by atoms with Crippen LogP contribution in [0.4, 0.5) is 0 Å². The molecule has 108 valence electrons. The molecule has 0 aromatic carbocycles. The van der Waals surface area contributed by atoms with Crippen LogP contribution in [-0.2, 0) is 11.3 Å². The van der Waals surface area contributed by atoms with E-state index in [2.05, 4.69) is 37.6 Å². The molecule has 0 radical (unpaired) electrons. The van der Waals surface area contributed by atoms with Crippen molar-refractivity contribution in [2.24, 2.45) is 5.73 Å². The smallest absolute Gasteiger partial charge is 0.221 e. The molecule has 0 saturated heterocycles. The number of nitrogens with one attached hydrogen (secondary N) is 1. The van der Waals surface area contributed by atoms with Crippen molar-refractivity contribution in [3.8, 4) is 0 Å². The molecule has 19 heavy (non-hydrogen) atoms. The molecule has 4 nitrogen and oxygen atoms in total. The highest BCUT2D eigenvalue weighted by atomic mass is 79.9. The van der Waals surface area contributed by atoms with Gasteiger partial charge in [-0.1, -0.05) is 6.92 Å². The van der Waals surface area contributed by atoms with Gasteiger partial charge in [0.2, 0.25) is 5.91 Å². The third-order valence-corrected chi connectivity index (χ3v) is 4.60. The summed E-state index contributed by atoms with van der Waals surface area (Å²) in [6, 6.07) is 2.18. The summed E-state index contributed by atoms with van der Waals surface area (Å²) < 4.78 is 1.10. The summed E-state index contributed by atoms with van der Waals surface area (Å²) in [5, 5.41) is 4.96. The third kappa shape index (κ3) is 6.03. The average Bonchev–Trinajstić information content (AvgIpc) is 2.78. The predicted molar refractivity (Wildman–Crippen MR) is 84.2 cm³/mol. The average molecular weight is 348 g/mol. The highest BCUT2D eigenvalue weighted by molar-refractivity contribution is 9.10. The first-order valence-corrected chi connectivity index (χ1v) is 8.14. The number of likely N-dealkylation sites (N-methyl/N-ethyl adjacent to an activating group) is 1. The number of hydrogen-bond acceptors (Lipinski definition) is 4. The number of carbonyl (C=O) groups is 1. The van der Waals surface area contributed by atoms with Crippen molar-refractivity contribution in [3.05, 3.63) is 20.8 Å². The van der Waals surface area contributed by atoms with Crippen LogP contribution in [0, 0.1) is 0 Å². The van der Waals surface area contributed by atoms with E-state index in [0.29, 0.717) is 13.0 Å². The first-order chi connectivity index (χ1) is 9.06. The van der Waals surface area contributed by atoms with E-state index < -0.39 is 0 Å². The second-order valence-corrected chi connectivity index (χ2v) is 6.50. The summed E-state index contributed by atoms with van der Waals surface area (Å²) in [5.41, 5.74) is 5.78. The molecule has 1 aromatic heterocycles. The number of amides is 1. The minimum atomic E-state index is 0.0801. The van der Waals surface area contributed by atoms with Gasteiger partial charge in [0.05, 0.1) is 0 Å². The van der Waals surface area contributed by atoms with Crippen LogP contribution in [-0.4, -0.2) is 37.0 Å². The Morgan fingerprint density at radius 1 is 1.63 bits per heavy atom. The molecule has 0 saturated carbocycles. The Hall–Kier alpha value is -0.430. The van der Waals surface area contributed by atoms with Crippen molar-refractivity contribution in [2.45, 2.75) is 32.4 Å². The molecular weight excluding hydrogens is 326 g/mol. The van der Waals surface area contributed by atoms with Crippen LogP contribution in [0.3, 0.4) is 0 Å². The zero-order valence-corrected chi connectivity index (χ0v) is 13.9. The number of thiophene rings is 1. The lowest BCUT2D eigenvalue weighted by molar-refractivity contribution is -0.122. The standard InChI is InChI=1S/C13H22BrN3OS/c1-3-4-16-13(18)6-11(7-15)17(2)8-12-5-10(14)9-19-12/h5,9,11H,3-4,6-8,15H2,1-2H3,(H,16,18). The summed E-state index contributed by atoms with van der Waals surface area (Å²) in [4.78, 5) is 15.1. The van der Waals surface area contributed by atoms with Gasteiger partial charge in [-0.15, -0.1) is 11.3 Å². The molecular formula is C13H22BrN3OS. The summed E-state index contributed by atoms with van der Waals surface area (Å²) in [7, 11) is 2.01. The van der Waals surface area contributed by atoms with Crippen LogP contribution >= 0.6 is 27.3 Å². The quantitative estimate of drug-likeness (QED) is 0.757. The van der Waals surface area contributed by atoms with E-state index >= 15 is 0 Å². The van der Waals surface area contributed by atoms with Gasteiger partial charge in [0, 0.05) is 46.8 Å². The van der Waals surface area contributed by atoms with Gasteiger partial charge in [0.1, 0.15) is 0 Å². The Kier molecular flexibility index (Phi) is 7.60. The number of hydrogen-bond donors (Lipinski definition) is 2. The molecule has 1 atom stereocenters. The molecule has 0 fully saturated rings. The van der Waals surface area contributed by atoms with Crippen molar-refractivity contribution < 1.29 is 4.79 Å². The molecule has 0 aliphatic carbocycles. The lowest BCUT2D eigenvalue weighted by atomic mass is 10.1. The van der Waals surface area contributed by atoms with Crippen molar-refractivity contribution in [1.82, 2.24) is 10.2 Å². The molecule has 0 aliphatic heterocycles. The van der Waals surface area contributed by atoms with Crippen molar-refractivity contribution >= 4 is 33.2 Å². The first-order valence-electron chi connectivity index (χ1n) is 6.46. The van der Waals surface area contributed by atoms with E-state index in [1.807, 2.05) is 14.0 Å². The fraction of sp³-hybridized carbons (Fsp3) is 0.615. The normalized spacial score (nSPS) is 12.7. The minimum absolute atomic E-state index is 0.0801. The molecule has 1 amide bonds. The van der Waals surface area contributed by atoms with Gasteiger partial charge in [-0.2, -0.15) is 0 Å². The van der Waals surface area contributed by atoms with Crippen molar-refractivity contribution in [1.29, 1.82) is 0 Å². The van der Waals surface area contributed by atoms with Crippen LogP contribution < -0.4 is 11.1 Å². The van der Waals surface area contributed by atoms with E-state index in [-0.39, 0.29) is 11.9 Å². The van der Waals surface area contributed by atoms with E-state index in [1.54, 1.807) is 11.3 Å². The zero-order valence-electron chi connectivity index (χ0n) is 11.5. The molecule has 3 N–H and O–H groups in total. The van der Waals surface area contributed by atoms with Crippen LogP contribution in [0.15, 0.2) is 15.9 Å². The third-order valence-electron chi connectivity index (χ3n) is 2.92. The number of nitrogens with two attached hydrogens (primary N) is 1. The summed E-state index contributed by atoms with van der Waals surface area (Å²) in [5.74, 6) is 0.0801. The summed E-state index contributed by atoms with van der Waals surface area (Å²) in [6.07, 6.45) is 1.41. The fourth-order valence-corrected chi connectivity index (χ4v) is 3.29. The monoisotopic (exact) mass is 347 g/mol. The highest BCUT2D eigenvalue weighted by Crippen LogP contribution is 2.21. The maximum Gasteiger partial charge on any atom is 0.221 e. The van der Waals surface area contributed by atoms with Gasteiger partial charge in [-0.25, -0.2) is 0 Å². The van der Waals surface area contributed by atoms with Crippen molar-refractivity contribution in [3.63, 3.8) is 0 Å². The van der Waals surface area contributed by atoms with Crippen molar-refractivity contribution in [2.75, 3.05) is 20.1 Å². The van der Waals surface area contributed by atoms with Gasteiger partial charge < -0.3 is 11.1 Å². The largest absolute Gasteiger partial charge is 0.356 e. The molecule has 1 aromatic rings. The lowest BCUT2D eigenvalue weighted by Crippen LogP contribution is -2.41. The summed E-state index contributed by atoms with van der Waals surface area (Å²) in [6.45, 7) is 4.08. The second-order valence-electron chi connectivity index (χ2n) is 4.59. The number of halogens is 1. The number of rotatable bonds is 8. The Morgan fingerprint density at radius 2 is 2.37 bits per heavy atom. The molecule has 6 heteroatoms. The van der Waals surface area contributed by atoms with Crippen LogP contribution in [0.5, 0.6) is 0 Å². The first kappa shape index (κ1) is 16.6. The lowest BCUT2D eigenvalue weighted by Gasteiger charge is -2.26. The van der Waals surface area contributed by atoms with Crippen LogP contribution in [0.2, 0.25) is 0 Å². The Bertz CT molecular complexity index is 397. The fourth-order valence-electron chi connectivity index (χ4n) is 1.78. The van der Waals surface area contributed by atoms with E-state index in [1.165, 1.54) is 4.88 Å². The Morgan fingerprint density at radius 3 is 2.89 bits per heavy atom. The number of carbonyl (C=O) groups excluding carboxylic acids is 1. The number of nitrogens with zero attached hydrogens (tertiary/aromatic N) is 1. The maximum atomic E-state index is 11.7. The second kappa shape index (κ2) is 8.68. The topological polar surface area (TPSA) is 58.4 Å². The van der Waals surface area contributed by atoms with Gasteiger partial charge in [0.25, 0.3) is 0 Å². The predicted octanol–water partition coefficient (Wildman–Crippen LogP) is 2.19. The van der Waals surface area contributed by atoms with Gasteiger partial charge >= 0.3 is 0 Å². The van der Waals surface area contributed by atoms with Gasteiger partial charge in [-0.05, 0) is 35.5 Å². The maximum absolute atomic E-state index is 11.7. The van der Waals surface area contributed by atoms with Crippen LogP contribution in [0.1, 0.15) is 24.6 Å². The van der Waals surface area contributed by atoms with E-state index in [9.17, 15) is 4.79 Å². The molecule has 0 aliphatic rings. The Balaban J connectivity index is 2.46. The van der Waals surface area contributed by atoms with E-state index in [0.717, 1.165) is 24.0 Å². The molecule has 0 bridgehead atoms. The molecule has 1 heterocycles. The summed E-state index contributed by atoms with van der Waals surface area (Å²) >= 11 is 5.16. The molecule has 0 spiro atoms. The Labute approximate surface area is 127 Å². The zero-order chi connectivity index (χ0) is 14.3. The van der Waals surface area contributed by atoms with Gasteiger partial charge in [0.15, 0.2) is 0 Å². The molecule has 1 unspecified atom stereocenters.